The van der Waals surface area contributed by atoms with Gasteiger partial charge in [0.05, 0.1) is 24.1 Å². The summed E-state index contributed by atoms with van der Waals surface area (Å²) >= 11 is 5.26. The lowest BCUT2D eigenvalue weighted by Gasteiger charge is -2.26. The highest BCUT2D eigenvalue weighted by Crippen LogP contribution is 2.14. The van der Waals surface area contributed by atoms with Gasteiger partial charge in [0.2, 0.25) is 0 Å². The van der Waals surface area contributed by atoms with Crippen molar-refractivity contribution in [2.75, 3.05) is 26.3 Å². The van der Waals surface area contributed by atoms with Gasteiger partial charge in [0.25, 0.3) is 11.5 Å². The molecule has 23 heavy (non-hydrogen) atoms. The second-order valence-electron chi connectivity index (χ2n) is 5.55. The Hall–Kier alpha value is -1.99. The smallest absolute Gasteiger partial charge is 0.262 e. The number of amides is 1. The van der Waals surface area contributed by atoms with E-state index in [1.165, 1.54) is 0 Å². The van der Waals surface area contributed by atoms with Crippen LogP contribution in [0.5, 0.6) is 0 Å². The third-order valence-electron chi connectivity index (χ3n) is 3.97. The number of nitrogens with zero attached hydrogens (tertiary/aromatic N) is 2. The molecule has 1 aromatic carbocycles. The summed E-state index contributed by atoms with van der Waals surface area (Å²) in [5, 5.41) is 0.547. The van der Waals surface area contributed by atoms with Gasteiger partial charge in [0, 0.05) is 25.2 Å². The van der Waals surface area contributed by atoms with E-state index in [9.17, 15) is 9.59 Å². The molecule has 0 radical (unpaired) electrons. The molecule has 0 bridgehead atoms. The van der Waals surface area contributed by atoms with Crippen LogP contribution in [0.4, 0.5) is 0 Å². The van der Waals surface area contributed by atoms with Crippen LogP contribution in [0.15, 0.2) is 23.0 Å². The summed E-state index contributed by atoms with van der Waals surface area (Å²) in [6.45, 7) is 4.87. The summed E-state index contributed by atoms with van der Waals surface area (Å²) in [6.07, 6.45) is 0.830. The molecule has 2 aromatic rings. The Kier molecular flexibility index (Phi) is 4.58. The van der Waals surface area contributed by atoms with Crippen molar-refractivity contribution in [3.63, 3.8) is 0 Å². The number of fused-ring (bicyclic) bond motifs is 1. The molecule has 0 unspecified atom stereocenters. The van der Waals surface area contributed by atoms with Gasteiger partial charge in [-0.25, -0.2) is 0 Å². The van der Waals surface area contributed by atoms with E-state index in [1.54, 1.807) is 27.7 Å². The van der Waals surface area contributed by atoms with Crippen LogP contribution in [-0.4, -0.2) is 46.7 Å². The zero-order valence-electron chi connectivity index (χ0n) is 13.0. The maximum atomic E-state index is 12.5. The van der Waals surface area contributed by atoms with Crippen LogP contribution in [0.25, 0.3) is 10.9 Å². The van der Waals surface area contributed by atoms with Gasteiger partial charge in [-0.3, -0.25) is 14.2 Å². The van der Waals surface area contributed by atoms with Crippen LogP contribution in [0.2, 0.25) is 0 Å². The molecule has 3 rings (SSSR count). The van der Waals surface area contributed by atoms with Crippen molar-refractivity contribution < 1.29 is 9.53 Å². The Morgan fingerprint density at radius 3 is 2.78 bits per heavy atom. The molecule has 6 nitrogen and oxygen atoms in total. The normalized spacial score (nSPS) is 15.1. The topological polar surface area (TPSA) is 67.3 Å². The van der Waals surface area contributed by atoms with Crippen molar-refractivity contribution in [1.29, 1.82) is 0 Å². The molecule has 0 spiro atoms. The second-order valence-corrected chi connectivity index (χ2v) is 5.94. The summed E-state index contributed by atoms with van der Waals surface area (Å²) < 4.78 is 7.21. The minimum Gasteiger partial charge on any atom is -0.378 e. The Balaban J connectivity index is 2.02. The lowest BCUT2D eigenvalue weighted by atomic mass is 10.1. The van der Waals surface area contributed by atoms with Gasteiger partial charge < -0.3 is 14.6 Å². The van der Waals surface area contributed by atoms with E-state index in [-0.39, 0.29) is 11.5 Å². The first-order chi connectivity index (χ1) is 11.1. The predicted molar refractivity (Wildman–Crippen MR) is 90.4 cm³/mol. The number of H-pyrrole nitrogens is 1. The summed E-state index contributed by atoms with van der Waals surface area (Å²) in [4.78, 5) is 29.8. The molecule has 1 N–H and O–H groups in total. The number of aromatic nitrogens is 2. The summed E-state index contributed by atoms with van der Waals surface area (Å²) in [7, 11) is 0. The van der Waals surface area contributed by atoms with Crippen LogP contribution < -0.4 is 5.56 Å². The van der Waals surface area contributed by atoms with Crippen molar-refractivity contribution in [2.45, 2.75) is 19.9 Å². The minimum atomic E-state index is -0.115. The standard InChI is InChI=1S/C16H19N3O3S/c1-2-5-19-15(21)12-4-3-11(10-13(12)17-16(19)23)14(20)18-6-8-22-9-7-18/h3-4,10H,2,5-9H2,1H3,(H,17,23). The third-order valence-corrected chi connectivity index (χ3v) is 4.30. The summed E-state index contributed by atoms with van der Waals surface area (Å²) in [6, 6.07) is 5.11. The largest absolute Gasteiger partial charge is 0.378 e. The molecule has 1 aliphatic rings. The lowest BCUT2D eigenvalue weighted by molar-refractivity contribution is 0.0303. The quantitative estimate of drug-likeness (QED) is 0.872. The van der Waals surface area contributed by atoms with E-state index in [0.717, 1.165) is 6.42 Å². The molecule has 7 heteroatoms. The molecule has 1 fully saturated rings. The Morgan fingerprint density at radius 1 is 1.35 bits per heavy atom. The van der Waals surface area contributed by atoms with Crippen molar-refractivity contribution in [1.82, 2.24) is 14.5 Å². The molecule has 0 atom stereocenters. The van der Waals surface area contributed by atoms with Crippen molar-refractivity contribution in [3.8, 4) is 0 Å². The Bertz CT molecular complexity index is 850. The van der Waals surface area contributed by atoms with Crippen LogP contribution in [0.1, 0.15) is 23.7 Å². The number of rotatable bonds is 3. The number of hydrogen-bond acceptors (Lipinski definition) is 4. The predicted octanol–water partition coefficient (Wildman–Crippen LogP) is 1.94. The van der Waals surface area contributed by atoms with Crippen molar-refractivity contribution >= 4 is 29.0 Å². The van der Waals surface area contributed by atoms with E-state index >= 15 is 0 Å². The van der Waals surface area contributed by atoms with Crippen molar-refractivity contribution in [3.05, 3.63) is 38.9 Å². The molecular weight excluding hydrogens is 314 g/mol. The third kappa shape index (κ3) is 3.07. The SMILES string of the molecule is CCCn1c(=S)[nH]c2cc(C(=O)N3CCOCC3)ccc2c1=O. The summed E-state index contributed by atoms with van der Waals surface area (Å²) in [5.74, 6) is -0.0488. The average Bonchev–Trinajstić information content (AvgIpc) is 2.58. The average molecular weight is 333 g/mol. The molecule has 1 amide bonds. The number of carbonyl (C=O) groups is 1. The molecule has 0 saturated carbocycles. The van der Waals surface area contributed by atoms with Gasteiger partial charge in [-0.2, -0.15) is 0 Å². The van der Waals surface area contributed by atoms with Crippen LogP contribution >= 0.6 is 12.2 Å². The van der Waals surface area contributed by atoms with E-state index in [2.05, 4.69) is 4.98 Å². The molecule has 1 aliphatic heterocycles. The first-order valence-electron chi connectivity index (χ1n) is 7.75. The Labute approximate surface area is 138 Å². The fourth-order valence-corrected chi connectivity index (χ4v) is 3.05. The monoisotopic (exact) mass is 333 g/mol. The number of aromatic amines is 1. The zero-order chi connectivity index (χ0) is 16.4. The number of carbonyl (C=O) groups excluding carboxylic acids is 1. The molecule has 1 aromatic heterocycles. The van der Waals surface area contributed by atoms with E-state index in [0.29, 0.717) is 54.1 Å². The van der Waals surface area contributed by atoms with Gasteiger partial charge in [-0.15, -0.1) is 0 Å². The van der Waals surface area contributed by atoms with Crippen LogP contribution in [-0.2, 0) is 11.3 Å². The number of benzene rings is 1. The molecule has 122 valence electrons. The molecule has 2 heterocycles. The van der Waals surface area contributed by atoms with Gasteiger partial charge >= 0.3 is 0 Å². The van der Waals surface area contributed by atoms with Gasteiger partial charge in [0.15, 0.2) is 4.77 Å². The molecule has 0 aliphatic carbocycles. The first kappa shape index (κ1) is 15.9. The fourth-order valence-electron chi connectivity index (χ4n) is 2.76. The van der Waals surface area contributed by atoms with Gasteiger partial charge in [0.1, 0.15) is 0 Å². The molecular formula is C16H19N3O3S. The highest BCUT2D eigenvalue weighted by Gasteiger charge is 2.19. The molecule has 1 saturated heterocycles. The zero-order valence-corrected chi connectivity index (χ0v) is 13.8. The fraction of sp³-hybridized carbons (Fsp3) is 0.438. The highest BCUT2D eigenvalue weighted by molar-refractivity contribution is 7.71. The Morgan fingerprint density at radius 2 is 2.09 bits per heavy atom. The van der Waals surface area contributed by atoms with Crippen LogP contribution in [0, 0.1) is 4.77 Å². The van der Waals surface area contributed by atoms with Crippen LogP contribution in [0.3, 0.4) is 0 Å². The van der Waals surface area contributed by atoms with E-state index < -0.39 is 0 Å². The van der Waals surface area contributed by atoms with Crippen molar-refractivity contribution in [2.24, 2.45) is 0 Å². The summed E-state index contributed by atoms with van der Waals surface area (Å²) in [5.41, 5.74) is 1.04. The second kappa shape index (κ2) is 6.64. The van der Waals surface area contributed by atoms with Gasteiger partial charge in [-0.1, -0.05) is 6.92 Å². The number of ether oxygens (including phenoxy) is 1. The maximum absolute atomic E-state index is 12.5. The van der Waals surface area contributed by atoms with E-state index in [1.807, 2.05) is 6.92 Å². The lowest BCUT2D eigenvalue weighted by Crippen LogP contribution is -2.40. The maximum Gasteiger partial charge on any atom is 0.262 e. The highest BCUT2D eigenvalue weighted by atomic mass is 32.1. The number of nitrogens with one attached hydrogen (secondary N) is 1. The van der Waals surface area contributed by atoms with E-state index in [4.69, 9.17) is 17.0 Å². The number of hydrogen-bond donors (Lipinski definition) is 1. The minimum absolute atomic E-state index is 0.0488. The number of morpholine rings is 1. The first-order valence-corrected chi connectivity index (χ1v) is 8.16. The van der Waals surface area contributed by atoms with Gasteiger partial charge in [-0.05, 0) is 36.8 Å².